The van der Waals surface area contributed by atoms with Gasteiger partial charge >= 0.3 is 0 Å². The van der Waals surface area contributed by atoms with E-state index in [0.717, 1.165) is 5.56 Å². The fourth-order valence-electron chi connectivity index (χ4n) is 2.38. The van der Waals surface area contributed by atoms with E-state index in [4.69, 9.17) is 0 Å². The van der Waals surface area contributed by atoms with Crippen LogP contribution >= 0.6 is 0 Å². The molecule has 0 unspecified atom stereocenters. The van der Waals surface area contributed by atoms with Crippen LogP contribution < -0.4 is 0 Å². The molecule has 0 aromatic heterocycles. The number of aliphatic hydroxyl groups is 1. The zero-order valence-electron chi connectivity index (χ0n) is 11.5. The lowest BCUT2D eigenvalue weighted by Crippen LogP contribution is -2.30. The van der Waals surface area contributed by atoms with Gasteiger partial charge in [0, 0.05) is 6.04 Å². The summed E-state index contributed by atoms with van der Waals surface area (Å²) in [4.78, 5) is 2.21. The van der Waals surface area contributed by atoms with Crippen LogP contribution in [0.4, 0.5) is 0 Å². The third-order valence-corrected chi connectivity index (χ3v) is 3.74. The second kappa shape index (κ2) is 6.50. The Bertz CT molecular complexity index is 483. The van der Waals surface area contributed by atoms with E-state index in [1.165, 1.54) is 5.56 Å². The highest BCUT2D eigenvalue weighted by atomic mass is 16.3. The standard InChI is InChI=1S/C17H21NO/c1-14(15-9-5-3-6-10-15)18(2)17(13-19)16-11-7-4-8-12-16/h3-12,14,17,19H,13H2,1-2H3/t14-,17+/m1/s1. The number of hydrogen-bond acceptors (Lipinski definition) is 2. The van der Waals surface area contributed by atoms with E-state index in [1.807, 2.05) is 24.3 Å². The summed E-state index contributed by atoms with van der Waals surface area (Å²) in [7, 11) is 2.06. The van der Waals surface area contributed by atoms with Gasteiger partial charge in [-0.25, -0.2) is 0 Å². The lowest BCUT2D eigenvalue weighted by molar-refractivity contribution is 0.115. The first-order valence-corrected chi connectivity index (χ1v) is 6.66. The molecule has 1 N–H and O–H groups in total. The molecule has 0 aliphatic rings. The molecule has 0 radical (unpaired) electrons. The molecule has 0 fully saturated rings. The van der Waals surface area contributed by atoms with Crippen molar-refractivity contribution < 1.29 is 5.11 Å². The van der Waals surface area contributed by atoms with Gasteiger partial charge in [0.15, 0.2) is 0 Å². The molecule has 0 bridgehead atoms. The molecule has 0 amide bonds. The molecule has 2 aromatic rings. The number of likely N-dealkylation sites (N-methyl/N-ethyl adjacent to an activating group) is 1. The maximum atomic E-state index is 9.70. The maximum Gasteiger partial charge on any atom is 0.0628 e. The molecule has 0 saturated carbocycles. The first kappa shape index (κ1) is 13.8. The zero-order valence-corrected chi connectivity index (χ0v) is 11.5. The van der Waals surface area contributed by atoms with Gasteiger partial charge in [0.1, 0.15) is 0 Å². The van der Waals surface area contributed by atoms with E-state index >= 15 is 0 Å². The molecule has 0 aliphatic carbocycles. The van der Waals surface area contributed by atoms with Crippen LogP contribution in [-0.4, -0.2) is 23.7 Å². The van der Waals surface area contributed by atoms with E-state index in [9.17, 15) is 5.11 Å². The van der Waals surface area contributed by atoms with Crippen molar-refractivity contribution in [1.29, 1.82) is 0 Å². The van der Waals surface area contributed by atoms with Gasteiger partial charge in [0.2, 0.25) is 0 Å². The van der Waals surface area contributed by atoms with Gasteiger partial charge in [0.25, 0.3) is 0 Å². The van der Waals surface area contributed by atoms with E-state index < -0.39 is 0 Å². The van der Waals surface area contributed by atoms with Crippen LogP contribution in [0, 0.1) is 0 Å². The van der Waals surface area contributed by atoms with Crippen molar-refractivity contribution in [1.82, 2.24) is 4.90 Å². The van der Waals surface area contributed by atoms with Crippen molar-refractivity contribution in [2.75, 3.05) is 13.7 Å². The van der Waals surface area contributed by atoms with Crippen molar-refractivity contribution in [3.63, 3.8) is 0 Å². The Morgan fingerprint density at radius 2 is 1.37 bits per heavy atom. The quantitative estimate of drug-likeness (QED) is 0.885. The van der Waals surface area contributed by atoms with Crippen molar-refractivity contribution in [2.45, 2.75) is 19.0 Å². The molecule has 0 heterocycles. The minimum atomic E-state index is 0.0245. The minimum Gasteiger partial charge on any atom is -0.394 e. The minimum absolute atomic E-state index is 0.0245. The van der Waals surface area contributed by atoms with E-state index in [0.29, 0.717) is 0 Å². The van der Waals surface area contributed by atoms with Gasteiger partial charge in [-0.2, -0.15) is 0 Å². The summed E-state index contributed by atoms with van der Waals surface area (Å²) in [6.45, 7) is 2.29. The Labute approximate surface area is 115 Å². The average molecular weight is 255 g/mol. The van der Waals surface area contributed by atoms with E-state index in [-0.39, 0.29) is 18.7 Å². The van der Waals surface area contributed by atoms with Gasteiger partial charge in [-0.15, -0.1) is 0 Å². The van der Waals surface area contributed by atoms with E-state index in [1.54, 1.807) is 0 Å². The van der Waals surface area contributed by atoms with Crippen LogP contribution in [0.2, 0.25) is 0 Å². The number of benzene rings is 2. The van der Waals surface area contributed by atoms with Gasteiger partial charge in [0.05, 0.1) is 12.6 Å². The number of hydrogen-bond donors (Lipinski definition) is 1. The second-order valence-corrected chi connectivity index (χ2v) is 4.86. The number of rotatable bonds is 5. The summed E-state index contributed by atoms with van der Waals surface area (Å²) in [6.07, 6.45) is 0. The third kappa shape index (κ3) is 3.22. The third-order valence-electron chi connectivity index (χ3n) is 3.74. The summed E-state index contributed by atoms with van der Waals surface area (Å²) >= 11 is 0. The average Bonchev–Trinajstić information content (AvgIpc) is 2.49. The van der Waals surface area contributed by atoms with Gasteiger partial charge in [-0.1, -0.05) is 60.7 Å². The second-order valence-electron chi connectivity index (χ2n) is 4.86. The molecule has 100 valence electrons. The summed E-state index contributed by atoms with van der Waals surface area (Å²) in [5.41, 5.74) is 2.41. The molecule has 19 heavy (non-hydrogen) atoms. The monoisotopic (exact) mass is 255 g/mol. The Balaban J connectivity index is 2.20. The van der Waals surface area contributed by atoms with Crippen LogP contribution in [0.3, 0.4) is 0 Å². The highest BCUT2D eigenvalue weighted by Crippen LogP contribution is 2.28. The lowest BCUT2D eigenvalue weighted by atomic mass is 10.0. The molecule has 2 nitrogen and oxygen atoms in total. The fraction of sp³-hybridized carbons (Fsp3) is 0.294. The molecule has 2 aromatic carbocycles. The van der Waals surface area contributed by atoms with Crippen molar-refractivity contribution in [3.8, 4) is 0 Å². The van der Waals surface area contributed by atoms with Gasteiger partial charge in [-0.05, 0) is 25.1 Å². The summed E-state index contributed by atoms with van der Waals surface area (Å²) in [6, 6.07) is 20.8. The Hall–Kier alpha value is -1.64. The van der Waals surface area contributed by atoms with Crippen molar-refractivity contribution in [3.05, 3.63) is 71.8 Å². The molecule has 2 atom stereocenters. The van der Waals surface area contributed by atoms with Crippen molar-refractivity contribution in [2.24, 2.45) is 0 Å². The molecular formula is C17H21NO. The highest BCUT2D eigenvalue weighted by molar-refractivity contribution is 5.22. The number of nitrogens with zero attached hydrogens (tertiary/aromatic N) is 1. The molecule has 0 spiro atoms. The summed E-state index contributed by atoms with van der Waals surface area (Å²) in [5.74, 6) is 0. The molecule has 2 rings (SSSR count). The van der Waals surface area contributed by atoms with Crippen LogP contribution in [0.25, 0.3) is 0 Å². The normalized spacial score (nSPS) is 14.3. The number of aliphatic hydroxyl groups excluding tert-OH is 1. The Morgan fingerprint density at radius 1 is 0.895 bits per heavy atom. The molecule has 0 saturated heterocycles. The van der Waals surface area contributed by atoms with Crippen molar-refractivity contribution >= 4 is 0 Å². The topological polar surface area (TPSA) is 23.5 Å². The Morgan fingerprint density at radius 3 is 1.84 bits per heavy atom. The van der Waals surface area contributed by atoms with Crippen LogP contribution in [-0.2, 0) is 0 Å². The summed E-state index contributed by atoms with van der Waals surface area (Å²) < 4.78 is 0. The summed E-state index contributed by atoms with van der Waals surface area (Å²) in [5, 5.41) is 9.70. The van der Waals surface area contributed by atoms with Crippen LogP contribution in [0.15, 0.2) is 60.7 Å². The Kier molecular flexibility index (Phi) is 4.72. The van der Waals surface area contributed by atoms with Crippen LogP contribution in [0.5, 0.6) is 0 Å². The molecule has 0 aliphatic heterocycles. The largest absolute Gasteiger partial charge is 0.394 e. The molecular weight excluding hydrogens is 234 g/mol. The van der Waals surface area contributed by atoms with Gasteiger partial charge < -0.3 is 5.11 Å². The maximum absolute atomic E-state index is 9.70. The van der Waals surface area contributed by atoms with E-state index in [2.05, 4.69) is 55.3 Å². The predicted octanol–water partition coefficient (Wildman–Crippen LogP) is 3.41. The predicted molar refractivity (Wildman–Crippen MR) is 78.9 cm³/mol. The fourth-order valence-corrected chi connectivity index (χ4v) is 2.38. The smallest absolute Gasteiger partial charge is 0.0628 e. The zero-order chi connectivity index (χ0) is 13.7. The first-order valence-electron chi connectivity index (χ1n) is 6.66. The highest BCUT2D eigenvalue weighted by Gasteiger charge is 2.21. The first-order chi connectivity index (χ1) is 9.24. The SMILES string of the molecule is C[C@H](c1ccccc1)N(C)[C@@H](CO)c1ccccc1. The van der Waals surface area contributed by atoms with Gasteiger partial charge in [-0.3, -0.25) is 4.90 Å². The lowest BCUT2D eigenvalue weighted by Gasteiger charge is -2.32. The van der Waals surface area contributed by atoms with Crippen LogP contribution in [0.1, 0.15) is 30.1 Å². The molecule has 2 heteroatoms.